The van der Waals surface area contributed by atoms with Gasteiger partial charge < -0.3 is 29.5 Å². The SMILES string of the molecule is O=C(OC1CC2C3OC3C(C1)N2COC(O)O)C(CO)c1ccccc1. The number of piperidine rings is 1. The molecule has 0 aliphatic carbocycles. The molecule has 1 aromatic rings. The Balaban J connectivity index is 1.38. The predicted molar refractivity (Wildman–Crippen MR) is 87.6 cm³/mol. The first kappa shape index (κ1) is 17.8. The van der Waals surface area contributed by atoms with Crippen LogP contribution in [0.2, 0.25) is 0 Å². The van der Waals surface area contributed by atoms with Crippen LogP contribution in [0.4, 0.5) is 0 Å². The molecule has 3 aliphatic heterocycles. The number of epoxide rings is 1. The lowest BCUT2D eigenvalue weighted by Gasteiger charge is -2.40. The van der Waals surface area contributed by atoms with E-state index in [0.717, 1.165) is 5.56 Å². The fourth-order valence-electron chi connectivity index (χ4n) is 4.24. The maximum atomic E-state index is 12.5. The number of nitrogens with zero attached hydrogens (tertiary/aromatic N) is 1. The molecule has 0 aromatic heterocycles. The lowest BCUT2D eigenvalue weighted by molar-refractivity contribution is -0.259. The van der Waals surface area contributed by atoms with Gasteiger partial charge in [0.05, 0.1) is 6.61 Å². The summed E-state index contributed by atoms with van der Waals surface area (Å²) in [6.07, 6.45) is 1.13. The van der Waals surface area contributed by atoms with Gasteiger partial charge in [0.2, 0.25) is 0 Å². The molecule has 1 aromatic carbocycles. The maximum Gasteiger partial charge on any atom is 0.316 e. The average molecular weight is 365 g/mol. The lowest BCUT2D eigenvalue weighted by atomic mass is 9.97. The van der Waals surface area contributed by atoms with Crippen LogP contribution in [0.25, 0.3) is 0 Å². The molecular formula is C18H23NO7. The Morgan fingerprint density at radius 1 is 1.19 bits per heavy atom. The third-order valence-corrected chi connectivity index (χ3v) is 5.51. The number of hydrogen-bond donors (Lipinski definition) is 3. The number of ether oxygens (including phenoxy) is 3. The fraction of sp³-hybridized carbons (Fsp3) is 0.611. The molecule has 3 aliphatic rings. The minimum atomic E-state index is -1.81. The number of carbonyl (C=O) groups excluding carboxylic acids is 1. The van der Waals surface area contributed by atoms with E-state index in [1.165, 1.54) is 0 Å². The number of fused-ring (bicyclic) bond motifs is 5. The summed E-state index contributed by atoms with van der Waals surface area (Å²) in [6, 6.07) is 9.16. The number of carbonyl (C=O) groups is 1. The van der Waals surface area contributed by atoms with Crippen molar-refractivity contribution in [1.82, 2.24) is 4.90 Å². The van der Waals surface area contributed by atoms with Crippen molar-refractivity contribution in [2.45, 2.75) is 55.6 Å². The van der Waals surface area contributed by atoms with Gasteiger partial charge in [-0.05, 0) is 5.56 Å². The number of esters is 1. The molecule has 8 heteroatoms. The highest BCUT2D eigenvalue weighted by Gasteiger charge is 2.64. The van der Waals surface area contributed by atoms with Crippen LogP contribution in [0, 0.1) is 0 Å². The first-order chi connectivity index (χ1) is 12.6. The number of rotatable bonds is 7. The van der Waals surface area contributed by atoms with Gasteiger partial charge in [-0.25, -0.2) is 0 Å². The highest BCUT2D eigenvalue weighted by atomic mass is 16.7. The first-order valence-corrected chi connectivity index (χ1v) is 8.83. The minimum absolute atomic E-state index is 0.0274. The summed E-state index contributed by atoms with van der Waals surface area (Å²) >= 11 is 0. The van der Waals surface area contributed by atoms with Crippen LogP contribution in [-0.2, 0) is 19.0 Å². The van der Waals surface area contributed by atoms with E-state index in [-0.39, 0.29) is 43.7 Å². The molecule has 5 atom stereocenters. The second-order valence-corrected chi connectivity index (χ2v) is 7.01. The molecule has 142 valence electrons. The molecule has 4 rings (SSSR count). The summed E-state index contributed by atoms with van der Waals surface area (Å²) in [5.74, 6) is -1.11. The molecule has 0 saturated carbocycles. The van der Waals surface area contributed by atoms with Crippen molar-refractivity contribution in [3.63, 3.8) is 0 Å². The summed E-state index contributed by atoms with van der Waals surface area (Å²) in [4.78, 5) is 14.6. The molecule has 2 bridgehead atoms. The number of morpholine rings is 1. The molecular weight excluding hydrogens is 342 g/mol. The van der Waals surface area contributed by atoms with E-state index < -0.39 is 18.4 Å². The fourth-order valence-corrected chi connectivity index (χ4v) is 4.24. The van der Waals surface area contributed by atoms with E-state index in [2.05, 4.69) is 0 Å². The van der Waals surface area contributed by atoms with E-state index >= 15 is 0 Å². The van der Waals surface area contributed by atoms with Crippen LogP contribution in [0.1, 0.15) is 24.3 Å². The first-order valence-electron chi connectivity index (χ1n) is 8.83. The highest BCUT2D eigenvalue weighted by Crippen LogP contribution is 2.48. The van der Waals surface area contributed by atoms with Gasteiger partial charge in [-0.15, -0.1) is 0 Å². The predicted octanol–water partition coefficient (Wildman–Crippen LogP) is -0.469. The highest BCUT2D eigenvalue weighted by molar-refractivity contribution is 5.78. The largest absolute Gasteiger partial charge is 0.462 e. The normalized spacial score (nSPS) is 33.8. The van der Waals surface area contributed by atoms with Crippen LogP contribution in [0.15, 0.2) is 30.3 Å². The summed E-state index contributed by atoms with van der Waals surface area (Å²) in [5.41, 5.74) is 0.733. The van der Waals surface area contributed by atoms with Gasteiger partial charge in [-0.1, -0.05) is 30.3 Å². The van der Waals surface area contributed by atoms with Crippen molar-refractivity contribution in [2.75, 3.05) is 13.3 Å². The summed E-state index contributed by atoms with van der Waals surface area (Å²) < 4.78 is 16.2. The standard InChI is InChI=1S/C18H23NO7/c20-8-12(10-4-2-1-3-5-10)17(21)25-11-6-13-15-16(26-15)14(7-11)19(13)9-24-18(22)23/h1-5,11-16,18,20,22-23H,6-9H2. The minimum Gasteiger partial charge on any atom is -0.462 e. The van der Waals surface area contributed by atoms with Gasteiger partial charge in [0, 0.05) is 24.9 Å². The van der Waals surface area contributed by atoms with Crippen molar-refractivity contribution in [3.8, 4) is 0 Å². The van der Waals surface area contributed by atoms with E-state index in [1.54, 1.807) is 12.1 Å². The molecule has 5 unspecified atom stereocenters. The third kappa shape index (κ3) is 3.36. The molecule has 3 heterocycles. The summed E-state index contributed by atoms with van der Waals surface area (Å²) in [5, 5.41) is 27.4. The zero-order valence-corrected chi connectivity index (χ0v) is 14.2. The molecule has 3 fully saturated rings. The Morgan fingerprint density at radius 3 is 2.42 bits per heavy atom. The maximum absolute atomic E-state index is 12.5. The van der Waals surface area contributed by atoms with Crippen LogP contribution in [0.5, 0.6) is 0 Å². The van der Waals surface area contributed by atoms with Crippen LogP contribution >= 0.6 is 0 Å². The average Bonchev–Trinajstić information content (AvgIpc) is 3.38. The van der Waals surface area contributed by atoms with Crippen LogP contribution in [0.3, 0.4) is 0 Å². The lowest BCUT2D eigenvalue weighted by Crippen LogP contribution is -2.51. The van der Waals surface area contributed by atoms with Gasteiger partial charge in [-0.2, -0.15) is 0 Å². The Bertz CT molecular complexity index is 622. The van der Waals surface area contributed by atoms with E-state index in [1.807, 2.05) is 23.1 Å². The van der Waals surface area contributed by atoms with Crippen molar-refractivity contribution < 1.29 is 34.3 Å². The van der Waals surface area contributed by atoms with Gasteiger partial charge in [0.25, 0.3) is 6.48 Å². The molecule has 26 heavy (non-hydrogen) atoms. The second kappa shape index (κ2) is 7.22. The number of benzene rings is 1. The molecule has 3 N–H and O–H groups in total. The Kier molecular flexibility index (Phi) is 4.96. The molecule has 0 spiro atoms. The molecule has 8 nitrogen and oxygen atoms in total. The summed E-state index contributed by atoms with van der Waals surface area (Å²) in [7, 11) is 0. The van der Waals surface area contributed by atoms with Gasteiger partial charge in [0.15, 0.2) is 0 Å². The van der Waals surface area contributed by atoms with Crippen molar-refractivity contribution >= 4 is 5.97 Å². The topological polar surface area (TPSA) is 112 Å². The van der Waals surface area contributed by atoms with Gasteiger partial charge in [-0.3, -0.25) is 9.69 Å². The van der Waals surface area contributed by atoms with Crippen molar-refractivity contribution in [3.05, 3.63) is 35.9 Å². The molecule has 0 radical (unpaired) electrons. The molecule has 3 saturated heterocycles. The Hall–Kier alpha value is -1.55. The van der Waals surface area contributed by atoms with Crippen LogP contribution < -0.4 is 0 Å². The third-order valence-electron chi connectivity index (χ3n) is 5.51. The van der Waals surface area contributed by atoms with E-state index in [0.29, 0.717) is 12.8 Å². The molecule has 0 amide bonds. The number of aliphatic hydroxyl groups is 3. The monoisotopic (exact) mass is 365 g/mol. The smallest absolute Gasteiger partial charge is 0.316 e. The van der Waals surface area contributed by atoms with Gasteiger partial charge in [0.1, 0.15) is 31.0 Å². The summed E-state index contributed by atoms with van der Waals surface area (Å²) in [6.45, 7) is -2.00. The van der Waals surface area contributed by atoms with E-state index in [9.17, 15) is 9.90 Å². The van der Waals surface area contributed by atoms with Crippen molar-refractivity contribution in [1.29, 1.82) is 0 Å². The Labute approximate surface area is 150 Å². The number of hydrogen-bond acceptors (Lipinski definition) is 8. The Morgan fingerprint density at radius 2 is 1.85 bits per heavy atom. The van der Waals surface area contributed by atoms with Crippen LogP contribution in [-0.4, -0.2) is 76.4 Å². The van der Waals surface area contributed by atoms with E-state index in [4.69, 9.17) is 24.4 Å². The zero-order chi connectivity index (χ0) is 18.3. The quantitative estimate of drug-likeness (QED) is 0.338. The number of aliphatic hydroxyl groups excluding tert-OH is 2. The second-order valence-electron chi connectivity index (χ2n) is 7.01. The van der Waals surface area contributed by atoms with Crippen molar-refractivity contribution in [2.24, 2.45) is 0 Å². The van der Waals surface area contributed by atoms with Gasteiger partial charge >= 0.3 is 5.97 Å². The zero-order valence-electron chi connectivity index (χ0n) is 14.2.